The Labute approximate surface area is 131 Å². The molecule has 2 aromatic heterocycles. The SMILES string of the molecule is COc1cc(-c2cccc(-c3cc(C(=O)O)sn3)c2)ccn1. The summed E-state index contributed by atoms with van der Waals surface area (Å²) in [6.07, 6.45) is 1.69. The highest BCUT2D eigenvalue weighted by molar-refractivity contribution is 7.08. The molecule has 0 radical (unpaired) electrons. The number of carbonyl (C=O) groups is 1. The first-order valence-electron chi connectivity index (χ1n) is 6.48. The third-order valence-electron chi connectivity index (χ3n) is 3.16. The predicted molar refractivity (Wildman–Crippen MR) is 84.3 cm³/mol. The lowest BCUT2D eigenvalue weighted by Gasteiger charge is -2.05. The van der Waals surface area contributed by atoms with Crippen molar-refractivity contribution in [2.45, 2.75) is 0 Å². The summed E-state index contributed by atoms with van der Waals surface area (Å²) >= 11 is 0.981. The number of ether oxygens (including phenoxy) is 1. The highest BCUT2D eigenvalue weighted by Crippen LogP contribution is 2.28. The summed E-state index contributed by atoms with van der Waals surface area (Å²) in [6.45, 7) is 0. The molecule has 0 saturated carbocycles. The van der Waals surface area contributed by atoms with Crippen LogP contribution in [0.1, 0.15) is 9.67 Å². The van der Waals surface area contributed by atoms with Crippen LogP contribution in [0.2, 0.25) is 0 Å². The van der Waals surface area contributed by atoms with Crippen LogP contribution in [0.4, 0.5) is 0 Å². The number of carboxylic acids is 1. The lowest BCUT2D eigenvalue weighted by Crippen LogP contribution is -1.90. The second-order valence-corrected chi connectivity index (χ2v) is 5.35. The van der Waals surface area contributed by atoms with Crippen LogP contribution in [0.3, 0.4) is 0 Å². The number of nitrogens with zero attached hydrogens (tertiary/aromatic N) is 2. The molecule has 0 fully saturated rings. The third kappa shape index (κ3) is 2.82. The zero-order valence-corrected chi connectivity index (χ0v) is 12.5. The molecule has 0 unspecified atom stereocenters. The molecule has 0 saturated heterocycles. The zero-order valence-electron chi connectivity index (χ0n) is 11.7. The van der Waals surface area contributed by atoms with Gasteiger partial charge in [-0.25, -0.2) is 9.78 Å². The van der Waals surface area contributed by atoms with Gasteiger partial charge in [0.2, 0.25) is 5.88 Å². The molecular weight excluding hydrogens is 300 g/mol. The minimum Gasteiger partial charge on any atom is -0.481 e. The van der Waals surface area contributed by atoms with Crippen LogP contribution in [-0.2, 0) is 0 Å². The molecule has 0 bridgehead atoms. The smallest absolute Gasteiger partial charge is 0.347 e. The summed E-state index contributed by atoms with van der Waals surface area (Å²) < 4.78 is 9.33. The van der Waals surface area contributed by atoms with Gasteiger partial charge >= 0.3 is 5.97 Å². The van der Waals surface area contributed by atoms with Crippen LogP contribution in [0, 0.1) is 0 Å². The quantitative estimate of drug-likeness (QED) is 0.797. The normalized spacial score (nSPS) is 10.4. The predicted octanol–water partition coefficient (Wildman–Crippen LogP) is 3.58. The molecule has 0 aliphatic heterocycles. The Bertz CT molecular complexity index is 830. The van der Waals surface area contributed by atoms with Gasteiger partial charge in [-0.1, -0.05) is 18.2 Å². The van der Waals surface area contributed by atoms with Crippen LogP contribution in [-0.4, -0.2) is 27.5 Å². The fourth-order valence-corrected chi connectivity index (χ4v) is 2.67. The molecule has 22 heavy (non-hydrogen) atoms. The Morgan fingerprint density at radius 2 is 1.91 bits per heavy atom. The third-order valence-corrected chi connectivity index (χ3v) is 3.93. The second-order valence-electron chi connectivity index (χ2n) is 4.55. The topological polar surface area (TPSA) is 72.3 Å². The van der Waals surface area contributed by atoms with E-state index in [-0.39, 0.29) is 4.88 Å². The van der Waals surface area contributed by atoms with E-state index in [2.05, 4.69) is 9.36 Å². The summed E-state index contributed by atoms with van der Waals surface area (Å²) in [4.78, 5) is 15.3. The average molecular weight is 312 g/mol. The Hall–Kier alpha value is -2.73. The van der Waals surface area contributed by atoms with Crippen molar-refractivity contribution in [2.75, 3.05) is 7.11 Å². The molecule has 0 spiro atoms. The van der Waals surface area contributed by atoms with Crippen molar-refractivity contribution in [3.8, 4) is 28.3 Å². The first-order chi connectivity index (χ1) is 10.7. The van der Waals surface area contributed by atoms with Crippen LogP contribution < -0.4 is 4.74 Å². The summed E-state index contributed by atoms with van der Waals surface area (Å²) in [5.41, 5.74) is 3.49. The van der Waals surface area contributed by atoms with E-state index in [0.717, 1.165) is 28.2 Å². The fraction of sp³-hybridized carbons (Fsp3) is 0.0625. The fourth-order valence-electron chi connectivity index (χ4n) is 2.07. The van der Waals surface area contributed by atoms with Crippen LogP contribution in [0.25, 0.3) is 22.4 Å². The van der Waals surface area contributed by atoms with E-state index < -0.39 is 5.97 Å². The van der Waals surface area contributed by atoms with Crippen molar-refractivity contribution in [3.05, 3.63) is 53.5 Å². The number of carboxylic acid groups (broad SMARTS) is 1. The highest BCUT2D eigenvalue weighted by atomic mass is 32.1. The van der Waals surface area contributed by atoms with E-state index in [1.165, 1.54) is 0 Å². The van der Waals surface area contributed by atoms with E-state index in [1.807, 2.05) is 36.4 Å². The van der Waals surface area contributed by atoms with Crippen molar-refractivity contribution >= 4 is 17.5 Å². The summed E-state index contributed by atoms with van der Waals surface area (Å²) in [5, 5.41) is 8.98. The maximum absolute atomic E-state index is 11.0. The van der Waals surface area contributed by atoms with Crippen LogP contribution >= 0.6 is 11.5 Å². The Morgan fingerprint density at radius 3 is 2.64 bits per heavy atom. The monoisotopic (exact) mass is 312 g/mol. The van der Waals surface area contributed by atoms with Crippen molar-refractivity contribution in [3.63, 3.8) is 0 Å². The van der Waals surface area contributed by atoms with Gasteiger partial charge in [0.25, 0.3) is 0 Å². The van der Waals surface area contributed by atoms with E-state index in [1.54, 1.807) is 19.4 Å². The first kappa shape index (κ1) is 14.2. The van der Waals surface area contributed by atoms with Gasteiger partial charge in [0, 0.05) is 17.8 Å². The van der Waals surface area contributed by atoms with Gasteiger partial charge in [0.1, 0.15) is 4.88 Å². The van der Waals surface area contributed by atoms with E-state index in [4.69, 9.17) is 9.84 Å². The molecule has 3 aromatic rings. The van der Waals surface area contributed by atoms with E-state index in [9.17, 15) is 4.79 Å². The standard InChI is InChI=1S/C16H12N2O3S/c1-21-15-8-11(5-6-17-15)10-3-2-4-12(7-10)13-9-14(16(19)20)22-18-13/h2-9H,1H3,(H,19,20). The minimum atomic E-state index is -0.959. The number of hydrogen-bond donors (Lipinski definition) is 1. The van der Waals surface area contributed by atoms with Crippen molar-refractivity contribution in [2.24, 2.45) is 0 Å². The van der Waals surface area contributed by atoms with E-state index >= 15 is 0 Å². The highest BCUT2D eigenvalue weighted by Gasteiger charge is 2.11. The number of methoxy groups -OCH3 is 1. The molecule has 3 rings (SSSR count). The molecule has 1 aromatic carbocycles. The lowest BCUT2D eigenvalue weighted by atomic mass is 10.0. The number of aromatic carboxylic acids is 1. The molecule has 0 atom stereocenters. The summed E-state index contributed by atoms with van der Waals surface area (Å²) in [6, 6.07) is 13.1. The van der Waals surface area contributed by atoms with Gasteiger partial charge in [-0.15, -0.1) is 0 Å². The number of benzene rings is 1. The molecule has 0 aliphatic rings. The Balaban J connectivity index is 1.99. The van der Waals surface area contributed by atoms with Gasteiger partial charge < -0.3 is 9.84 Å². The van der Waals surface area contributed by atoms with Crippen molar-refractivity contribution in [1.82, 2.24) is 9.36 Å². The molecule has 2 heterocycles. The largest absolute Gasteiger partial charge is 0.481 e. The lowest BCUT2D eigenvalue weighted by molar-refractivity contribution is 0.0702. The molecule has 5 nitrogen and oxygen atoms in total. The molecule has 0 aliphatic carbocycles. The maximum atomic E-state index is 11.0. The number of aromatic nitrogens is 2. The molecule has 110 valence electrons. The van der Waals surface area contributed by atoms with Gasteiger partial charge in [0.15, 0.2) is 0 Å². The first-order valence-corrected chi connectivity index (χ1v) is 7.25. The van der Waals surface area contributed by atoms with Crippen molar-refractivity contribution < 1.29 is 14.6 Å². The van der Waals surface area contributed by atoms with Gasteiger partial charge in [0.05, 0.1) is 12.8 Å². The molecule has 6 heteroatoms. The second kappa shape index (κ2) is 5.95. The van der Waals surface area contributed by atoms with Crippen molar-refractivity contribution in [1.29, 1.82) is 0 Å². The zero-order chi connectivity index (χ0) is 15.5. The number of rotatable bonds is 4. The summed E-state index contributed by atoms with van der Waals surface area (Å²) in [7, 11) is 1.57. The average Bonchev–Trinajstić information content (AvgIpc) is 3.05. The number of hydrogen-bond acceptors (Lipinski definition) is 5. The maximum Gasteiger partial charge on any atom is 0.347 e. The van der Waals surface area contributed by atoms with Crippen LogP contribution in [0.5, 0.6) is 5.88 Å². The van der Waals surface area contributed by atoms with Gasteiger partial charge in [-0.05, 0) is 40.9 Å². The summed E-state index contributed by atoms with van der Waals surface area (Å²) in [5.74, 6) is -0.413. The Kier molecular flexibility index (Phi) is 3.84. The molecule has 1 N–H and O–H groups in total. The number of pyridine rings is 1. The van der Waals surface area contributed by atoms with Gasteiger partial charge in [-0.3, -0.25) is 0 Å². The minimum absolute atomic E-state index is 0.228. The molecule has 0 amide bonds. The Morgan fingerprint density at radius 1 is 1.14 bits per heavy atom. The molecular formula is C16H12N2O3S. The van der Waals surface area contributed by atoms with Gasteiger partial charge in [-0.2, -0.15) is 4.37 Å². The van der Waals surface area contributed by atoms with E-state index in [0.29, 0.717) is 11.6 Å². The van der Waals surface area contributed by atoms with Crippen LogP contribution in [0.15, 0.2) is 48.7 Å².